The molecular weight excluding hydrogens is 426 g/mol. The van der Waals surface area contributed by atoms with Gasteiger partial charge >= 0.3 is 0 Å². The summed E-state index contributed by atoms with van der Waals surface area (Å²) in [4.78, 5) is 13.9. The quantitative estimate of drug-likeness (QED) is 0.697. The van der Waals surface area contributed by atoms with Gasteiger partial charge in [-0.25, -0.2) is 17.2 Å². The fourth-order valence-electron chi connectivity index (χ4n) is 3.21. The van der Waals surface area contributed by atoms with Crippen LogP contribution in [-0.2, 0) is 14.8 Å². The Balaban J connectivity index is 1.96. The third-order valence-electron chi connectivity index (χ3n) is 5.03. The number of ether oxygens (including phenoxy) is 1. The van der Waals surface area contributed by atoms with Crippen molar-refractivity contribution < 1.29 is 26.7 Å². The summed E-state index contributed by atoms with van der Waals surface area (Å²) in [5.74, 6) is -1.29. The predicted molar refractivity (Wildman–Crippen MR) is 115 cm³/mol. The third-order valence-corrected chi connectivity index (χ3v) is 6.42. The lowest BCUT2D eigenvalue weighted by Gasteiger charge is -2.28. The summed E-state index contributed by atoms with van der Waals surface area (Å²) in [6.45, 7) is 8.32. The molecule has 1 aliphatic heterocycles. The number of carbonyl (C=O) groups excluding carboxylic acids is 1. The van der Waals surface area contributed by atoms with Crippen LogP contribution in [-0.4, -0.2) is 27.5 Å². The number of fused-ring (bicyclic) bond motifs is 1. The lowest BCUT2D eigenvalue weighted by molar-refractivity contribution is -0.127. The number of hydrogen-bond donors (Lipinski definition) is 1. The van der Waals surface area contributed by atoms with Gasteiger partial charge in [0.1, 0.15) is 28.9 Å². The van der Waals surface area contributed by atoms with E-state index in [0.29, 0.717) is 30.0 Å². The molecule has 168 valence electrons. The van der Waals surface area contributed by atoms with Crippen LogP contribution in [0, 0.1) is 23.0 Å². The molecule has 0 fully saturated rings. The van der Waals surface area contributed by atoms with Crippen molar-refractivity contribution in [3.05, 3.63) is 48.0 Å². The highest BCUT2D eigenvalue weighted by Gasteiger charge is 2.37. The van der Waals surface area contributed by atoms with Crippen LogP contribution in [0.3, 0.4) is 0 Å². The van der Waals surface area contributed by atoms with Crippen molar-refractivity contribution in [2.24, 2.45) is 11.3 Å². The summed E-state index contributed by atoms with van der Waals surface area (Å²) in [5, 5.41) is 0. The monoisotopic (exact) mass is 452 g/mol. The van der Waals surface area contributed by atoms with Crippen LogP contribution in [0.25, 0.3) is 0 Å². The second-order valence-electron chi connectivity index (χ2n) is 8.67. The van der Waals surface area contributed by atoms with Crippen LogP contribution in [0.1, 0.15) is 34.1 Å². The van der Waals surface area contributed by atoms with Crippen molar-refractivity contribution in [2.75, 3.05) is 22.8 Å². The van der Waals surface area contributed by atoms with E-state index in [1.54, 1.807) is 24.8 Å². The Morgan fingerprint density at radius 3 is 2.55 bits per heavy atom. The van der Waals surface area contributed by atoms with Gasteiger partial charge < -0.3 is 9.64 Å². The molecule has 0 saturated carbocycles. The van der Waals surface area contributed by atoms with Crippen molar-refractivity contribution in [1.29, 1.82) is 0 Å². The standard InChI is InChI=1S/C22H26F2N2O4S/c1-14(2)9-10-26-18-8-6-16(12-19(18)30-13-22(3,4)21(26)27)25-31(28,29)20-11-15(23)5-7-17(20)24/h5-8,11-12,14,25H,9-10,13H2,1-4H3. The minimum atomic E-state index is -4.37. The normalized spacial score (nSPS) is 16.0. The number of carbonyl (C=O) groups is 1. The van der Waals surface area contributed by atoms with Gasteiger partial charge in [-0.15, -0.1) is 0 Å². The van der Waals surface area contributed by atoms with Crippen LogP contribution in [0.2, 0.25) is 0 Å². The maximum Gasteiger partial charge on any atom is 0.264 e. The first-order valence-corrected chi connectivity index (χ1v) is 11.5. The summed E-state index contributed by atoms with van der Waals surface area (Å²) < 4.78 is 60.7. The molecule has 31 heavy (non-hydrogen) atoms. The molecule has 1 amide bonds. The van der Waals surface area contributed by atoms with Crippen molar-refractivity contribution >= 4 is 27.3 Å². The summed E-state index contributed by atoms with van der Waals surface area (Å²) >= 11 is 0. The molecule has 9 heteroatoms. The van der Waals surface area contributed by atoms with Crippen LogP contribution in [0.5, 0.6) is 5.75 Å². The summed E-state index contributed by atoms with van der Waals surface area (Å²) in [6.07, 6.45) is 0.786. The zero-order valence-electron chi connectivity index (χ0n) is 17.9. The van der Waals surface area contributed by atoms with Gasteiger partial charge in [0.25, 0.3) is 10.0 Å². The Morgan fingerprint density at radius 2 is 1.87 bits per heavy atom. The van der Waals surface area contributed by atoms with Gasteiger partial charge in [0.15, 0.2) is 0 Å². The Labute approximate surface area is 181 Å². The summed E-state index contributed by atoms with van der Waals surface area (Å²) in [5.41, 5.74) is -0.116. The largest absolute Gasteiger partial charge is 0.490 e. The highest BCUT2D eigenvalue weighted by atomic mass is 32.2. The van der Waals surface area contributed by atoms with E-state index < -0.39 is 32.0 Å². The van der Waals surface area contributed by atoms with Gasteiger partial charge in [-0.05, 0) is 56.5 Å². The third kappa shape index (κ3) is 4.98. The number of halogens is 2. The average Bonchev–Trinajstić information content (AvgIpc) is 2.77. The van der Waals surface area contributed by atoms with E-state index in [9.17, 15) is 22.0 Å². The summed E-state index contributed by atoms with van der Waals surface area (Å²) in [6, 6.07) is 6.71. The zero-order valence-corrected chi connectivity index (χ0v) is 18.7. The van der Waals surface area contributed by atoms with E-state index in [2.05, 4.69) is 18.6 Å². The molecule has 1 N–H and O–H groups in total. The zero-order chi connectivity index (χ0) is 23.0. The maximum atomic E-state index is 14.0. The minimum absolute atomic E-state index is 0.0814. The number of nitrogens with zero attached hydrogens (tertiary/aromatic N) is 1. The van der Waals surface area contributed by atoms with Crippen LogP contribution < -0.4 is 14.4 Å². The number of amides is 1. The molecule has 0 aromatic heterocycles. The molecule has 0 aliphatic carbocycles. The van der Waals surface area contributed by atoms with E-state index >= 15 is 0 Å². The van der Waals surface area contributed by atoms with Crippen LogP contribution >= 0.6 is 0 Å². The molecule has 2 aromatic rings. The molecule has 1 aliphatic rings. The molecular formula is C22H26F2N2O4S. The van der Waals surface area contributed by atoms with Gasteiger partial charge in [0.2, 0.25) is 5.91 Å². The van der Waals surface area contributed by atoms with E-state index in [0.717, 1.165) is 18.6 Å². The molecule has 3 rings (SSSR count). The molecule has 0 spiro atoms. The smallest absolute Gasteiger partial charge is 0.264 e. The molecule has 0 saturated heterocycles. The fourth-order valence-corrected chi connectivity index (χ4v) is 4.35. The first-order chi connectivity index (χ1) is 14.4. The Morgan fingerprint density at radius 1 is 1.16 bits per heavy atom. The Kier molecular flexibility index (Phi) is 6.27. The van der Waals surface area contributed by atoms with Gasteiger partial charge in [-0.2, -0.15) is 0 Å². The molecule has 0 unspecified atom stereocenters. The molecule has 0 atom stereocenters. The fraction of sp³-hybridized carbons (Fsp3) is 0.409. The first-order valence-electron chi connectivity index (χ1n) is 9.97. The predicted octanol–water partition coefficient (Wildman–Crippen LogP) is 4.56. The SMILES string of the molecule is CC(C)CCN1C(=O)C(C)(C)COc2cc(NS(=O)(=O)c3cc(F)ccc3F)ccc21. The molecule has 6 nitrogen and oxygen atoms in total. The van der Waals surface area contributed by atoms with Crippen LogP contribution in [0.15, 0.2) is 41.3 Å². The van der Waals surface area contributed by atoms with E-state index in [1.165, 1.54) is 12.1 Å². The van der Waals surface area contributed by atoms with Crippen molar-refractivity contribution in [3.63, 3.8) is 0 Å². The van der Waals surface area contributed by atoms with Crippen molar-refractivity contribution in [1.82, 2.24) is 0 Å². The number of benzene rings is 2. The second kappa shape index (κ2) is 8.45. The van der Waals surface area contributed by atoms with Gasteiger partial charge in [-0.3, -0.25) is 9.52 Å². The van der Waals surface area contributed by atoms with Crippen molar-refractivity contribution in [2.45, 2.75) is 39.0 Å². The Bertz CT molecular complexity index is 1100. The first kappa shape index (κ1) is 23.0. The lowest BCUT2D eigenvalue weighted by atomic mass is 9.92. The molecule has 1 heterocycles. The molecule has 2 aromatic carbocycles. The highest BCUT2D eigenvalue weighted by Crippen LogP contribution is 2.39. The van der Waals surface area contributed by atoms with E-state index in [-0.39, 0.29) is 18.2 Å². The average molecular weight is 453 g/mol. The lowest BCUT2D eigenvalue weighted by Crippen LogP contribution is -2.42. The van der Waals surface area contributed by atoms with Gasteiger partial charge in [-0.1, -0.05) is 13.8 Å². The number of sulfonamides is 1. The molecule has 0 bridgehead atoms. The van der Waals surface area contributed by atoms with E-state index in [4.69, 9.17) is 4.74 Å². The molecule has 0 radical (unpaired) electrons. The van der Waals surface area contributed by atoms with E-state index in [1.807, 2.05) is 0 Å². The number of rotatable bonds is 6. The Hall–Kier alpha value is -2.68. The number of nitrogens with one attached hydrogen (secondary N) is 1. The topological polar surface area (TPSA) is 75.7 Å². The number of hydrogen-bond acceptors (Lipinski definition) is 4. The number of anilines is 2. The van der Waals surface area contributed by atoms with Crippen molar-refractivity contribution in [3.8, 4) is 5.75 Å². The highest BCUT2D eigenvalue weighted by molar-refractivity contribution is 7.92. The second-order valence-corrected chi connectivity index (χ2v) is 10.3. The minimum Gasteiger partial charge on any atom is -0.490 e. The maximum absolute atomic E-state index is 14.0. The summed E-state index contributed by atoms with van der Waals surface area (Å²) in [7, 11) is -4.37. The van der Waals surface area contributed by atoms with Gasteiger partial charge in [0, 0.05) is 12.6 Å². The van der Waals surface area contributed by atoms with Gasteiger partial charge in [0.05, 0.1) is 16.8 Å². The van der Waals surface area contributed by atoms with Crippen LogP contribution in [0.4, 0.5) is 20.2 Å².